The molecule has 0 unspecified atom stereocenters. The van der Waals surface area contributed by atoms with Crippen LogP contribution in [0, 0.1) is 23.7 Å². The number of nitrogens with zero attached hydrogens (tertiary/aromatic N) is 1. The second-order valence-corrected chi connectivity index (χ2v) is 9.94. The van der Waals surface area contributed by atoms with Crippen molar-refractivity contribution in [3.8, 4) is 0 Å². The number of nitrogens with one attached hydrogen (secondary N) is 2. The Morgan fingerprint density at radius 1 is 0.857 bits per heavy atom. The summed E-state index contributed by atoms with van der Waals surface area (Å²) < 4.78 is 0. The molecular weight excluding hydrogens is 346 g/mol. The molecule has 1 heterocycles. The first kappa shape index (κ1) is 18.5. The summed E-state index contributed by atoms with van der Waals surface area (Å²) in [6.07, 6.45) is 10.9. The summed E-state index contributed by atoms with van der Waals surface area (Å²) in [5, 5.41) is 6.44. The summed E-state index contributed by atoms with van der Waals surface area (Å²) in [5.41, 5.74) is 2.56. The average Bonchev–Trinajstić information content (AvgIpc) is 2.70. The van der Waals surface area contributed by atoms with Gasteiger partial charge in [0.1, 0.15) is 0 Å². The summed E-state index contributed by atoms with van der Waals surface area (Å²) in [6.45, 7) is 4.13. The summed E-state index contributed by atoms with van der Waals surface area (Å²) in [6, 6.07) is 9.22. The van der Waals surface area contributed by atoms with E-state index in [0.717, 1.165) is 30.2 Å². The van der Waals surface area contributed by atoms with Crippen molar-refractivity contribution in [3.63, 3.8) is 0 Å². The van der Waals surface area contributed by atoms with Gasteiger partial charge in [0.2, 0.25) is 0 Å². The van der Waals surface area contributed by atoms with Crippen LogP contribution in [-0.2, 0) is 13.1 Å². The molecule has 152 valence electrons. The number of hydrogen-bond acceptors (Lipinski definition) is 2. The van der Waals surface area contributed by atoms with E-state index in [-0.39, 0.29) is 6.03 Å². The van der Waals surface area contributed by atoms with Crippen LogP contribution in [0.4, 0.5) is 4.79 Å². The Morgan fingerprint density at radius 3 is 2.11 bits per heavy atom. The molecule has 0 radical (unpaired) electrons. The van der Waals surface area contributed by atoms with E-state index in [4.69, 9.17) is 0 Å². The summed E-state index contributed by atoms with van der Waals surface area (Å²) in [4.78, 5) is 15.1. The fourth-order valence-corrected chi connectivity index (χ4v) is 6.68. The Bertz CT molecular complexity index is 652. The van der Waals surface area contributed by atoms with Crippen molar-refractivity contribution in [1.29, 1.82) is 0 Å². The van der Waals surface area contributed by atoms with E-state index in [2.05, 4.69) is 39.8 Å². The molecule has 4 heteroatoms. The topological polar surface area (TPSA) is 44.4 Å². The normalized spacial score (nSPS) is 34.4. The molecule has 4 bridgehead atoms. The Labute approximate surface area is 169 Å². The van der Waals surface area contributed by atoms with Gasteiger partial charge < -0.3 is 10.6 Å². The molecule has 5 fully saturated rings. The molecular formula is C24H35N3O. The third kappa shape index (κ3) is 4.07. The lowest BCUT2D eigenvalue weighted by atomic mass is 9.54. The van der Waals surface area contributed by atoms with Crippen molar-refractivity contribution in [2.45, 2.75) is 70.5 Å². The first-order valence-electron chi connectivity index (χ1n) is 11.6. The molecule has 28 heavy (non-hydrogen) atoms. The van der Waals surface area contributed by atoms with Crippen molar-refractivity contribution < 1.29 is 4.79 Å². The van der Waals surface area contributed by atoms with E-state index in [1.807, 2.05) is 0 Å². The summed E-state index contributed by atoms with van der Waals surface area (Å²) in [7, 11) is 0. The molecule has 0 spiro atoms. The van der Waals surface area contributed by atoms with Gasteiger partial charge in [-0.1, -0.05) is 30.7 Å². The van der Waals surface area contributed by atoms with Gasteiger partial charge in [-0.05, 0) is 92.8 Å². The van der Waals surface area contributed by atoms with Gasteiger partial charge in [-0.15, -0.1) is 0 Å². The van der Waals surface area contributed by atoms with Gasteiger partial charge in [0.25, 0.3) is 0 Å². The monoisotopic (exact) mass is 381 g/mol. The minimum absolute atomic E-state index is 0.0230. The summed E-state index contributed by atoms with van der Waals surface area (Å²) in [5.74, 6) is 3.37. The van der Waals surface area contributed by atoms with Crippen LogP contribution in [0.3, 0.4) is 0 Å². The van der Waals surface area contributed by atoms with Gasteiger partial charge in [-0.3, -0.25) is 4.90 Å². The zero-order chi connectivity index (χ0) is 18.9. The van der Waals surface area contributed by atoms with Crippen molar-refractivity contribution in [1.82, 2.24) is 15.5 Å². The minimum Gasteiger partial charge on any atom is -0.335 e. The Morgan fingerprint density at radius 2 is 1.46 bits per heavy atom. The van der Waals surface area contributed by atoms with E-state index < -0.39 is 0 Å². The van der Waals surface area contributed by atoms with Crippen LogP contribution >= 0.6 is 0 Å². The van der Waals surface area contributed by atoms with Crippen LogP contribution in [0.1, 0.15) is 62.5 Å². The van der Waals surface area contributed by atoms with Crippen LogP contribution in [0.25, 0.3) is 0 Å². The predicted molar refractivity (Wildman–Crippen MR) is 112 cm³/mol. The average molecular weight is 382 g/mol. The molecule has 1 aromatic carbocycles. The number of piperidine rings is 1. The Kier molecular flexibility index (Phi) is 5.32. The minimum atomic E-state index is 0.0230. The van der Waals surface area contributed by atoms with Gasteiger partial charge in [0.15, 0.2) is 0 Å². The zero-order valence-electron chi connectivity index (χ0n) is 17.0. The van der Waals surface area contributed by atoms with Gasteiger partial charge in [-0.25, -0.2) is 4.79 Å². The van der Waals surface area contributed by atoms with Crippen LogP contribution in [-0.4, -0.2) is 30.1 Å². The maximum atomic E-state index is 12.5. The second kappa shape index (κ2) is 8.06. The molecule has 2 amide bonds. The van der Waals surface area contributed by atoms with Crippen molar-refractivity contribution in [2.24, 2.45) is 23.7 Å². The fourth-order valence-electron chi connectivity index (χ4n) is 6.68. The van der Waals surface area contributed by atoms with Gasteiger partial charge >= 0.3 is 6.03 Å². The number of carbonyl (C=O) groups excluding carboxylic acids is 1. The van der Waals surface area contributed by atoms with Gasteiger partial charge in [0, 0.05) is 19.1 Å². The van der Waals surface area contributed by atoms with E-state index in [9.17, 15) is 4.79 Å². The van der Waals surface area contributed by atoms with E-state index in [1.165, 1.54) is 75.6 Å². The molecule has 5 aliphatic rings. The highest BCUT2D eigenvalue weighted by Crippen LogP contribution is 2.53. The number of benzene rings is 1. The van der Waals surface area contributed by atoms with Crippen molar-refractivity contribution in [2.75, 3.05) is 13.1 Å². The summed E-state index contributed by atoms with van der Waals surface area (Å²) >= 11 is 0. The lowest BCUT2D eigenvalue weighted by Gasteiger charge is -2.54. The zero-order valence-corrected chi connectivity index (χ0v) is 17.0. The largest absolute Gasteiger partial charge is 0.335 e. The smallest absolute Gasteiger partial charge is 0.315 e. The molecule has 0 aromatic heterocycles. The molecule has 0 atom stereocenters. The first-order chi connectivity index (χ1) is 13.7. The third-order valence-corrected chi connectivity index (χ3v) is 7.86. The molecule has 4 nitrogen and oxygen atoms in total. The first-order valence-corrected chi connectivity index (χ1v) is 11.6. The highest BCUT2D eigenvalue weighted by Gasteiger charge is 2.48. The molecule has 4 saturated carbocycles. The number of rotatable bonds is 5. The Balaban J connectivity index is 1.09. The molecule has 2 N–H and O–H groups in total. The standard InChI is InChI=1S/C24H35N3O/c28-24(26-23-21-11-19-10-20(13-21)14-22(23)12-19)25-15-17-4-6-18(7-5-17)16-27-8-2-1-3-9-27/h4-7,19-23H,1-3,8-16H2,(H2,25,26,28). The maximum Gasteiger partial charge on any atom is 0.315 e. The van der Waals surface area contributed by atoms with Crippen LogP contribution in [0.2, 0.25) is 0 Å². The highest BCUT2D eigenvalue weighted by atomic mass is 16.2. The predicted octanol–water partition coefficient (Wildman–Crippen LogP) is 4.30. The van der Waals surface area contributed by atoms with Gasteiger partial charge in [-0.2, -0.15) is 0 Å². The highest BCUT2D eigenvalue weighted by molar-refractivity contribution is 5.74. The van der Waals surface area contributed by atoms with Crippen LogP contribution in [0.15, 0.2) is 24.3 Å². The third-order valence-electron chi connectivity index (χ3n) is 7.86. The van der Waals surface area contributed by atoms with Crippen molar-refractivity contribution in [3.05, 3.63) is 35.4 Å². The molecule has 1 aliphatic heterocycles. The van der Waals surface area contributed by atoms with Crippen LogP contribution < -0.4 is 10.6 Å². The quantitative estimate of drug-likeness (QED) is 0.799. The SMILES string of the molecule is O=C(NCc1ccc(CN2CCCCC2)cc1)NC1C2CC3CC(C2)CC1C3. The Hall–Kier alpha value is -1.55. The van der Waals surface area contributed by atoms with Crippen LogP contribution in [0.5, 0.6) is 0 Å². The second-order valence-electron chi connectivity index (χ2n) is 9.94. The molecule has 1 saturated heterocycles. The van der Waals surface area contributed by atoms with Crippen molar-refractivity contribution >= 4 is 6.03 Å². The fraction of sp³-hybridized carbons (Fsp3) is 0.708. The van der Waals surface area contributed by atoms with Gasteiger partial charge in [0.05, 0.1) is 0 Å². The van der Waals surface area contributed by atoms with E-state index in [0.29, 0.717) is 12.6 Å². The lowest BCUT2D eigenvalue weighted by molar-refractivity contribution is -0.00942. The maximum absolute atomic E-state index is 12.5. The lowest BCUT2D eigenvalue weighted by Crippen LogP contribution is -2.57. The number of hydrogen-bond donors (Lipinski definition) is 2. The number of carbonyl (C=O) groups is 1. The number of likely N-dealkylation sites (tertiary alicyclic amines) is 1. The molecule has 6 rings (SSSR count). The number of amides is 2. The molecule has 1 aromatic rings. The van der Waals surface area contributed by atoms with E-state index >= 15 is 0 Å². The van der Waals surface area contributed by atoms with E-state index in [1.54, 1.807) is 0 Å². The number of urea groups is 1. The molecule has 4 aliphatic carbocycles.